The van der Waals surface area contributed by atoms with Gasteiger partial charge in [-0.3, -0.25) is 14.0 Å². The van der Waals surface area contributed by atoms with Crippen molar-refractivity contribution in [3.63, 3.8) is 0 Å². The van der Waals surface area contributed by atoms with E-state index in [1.54, 1.807) is 0 Å². The summed E-state index contributed by atoms with van der Waals surface area (Å²) in [5.74, 6) is 3.19. The molecule has 0 aromatic carbocycles. The van der Waals surface area contributed by atoms with Crippen LogP contribution in [0.15, 0.2) is 11.6 Å². The van der Waals surface area contributed by atoms with Gasteiger partial charge in [-0.25, -0.2) is 0 Å². The SMILES string of the molecule is C[C@]12CCC3C4CC[C@H](OSOO[O-])CC4=CCC3C1CCC2=O. The molecule has 0 aromatic rings. The van der Waals surface area contributed by atoms with E-state index in [-0.39, 0.29) is 11.5 Å². The average Bonchev–Trinajstić information content (AvgIpc) is 2.90. The Hall–Kier alpha value is -0.400. The lowest BCUT2D eigenvalue weighted by atomic mass is 9.53. The molecule has 0 aromatic heterocycles. The molecular formula is C18H25O5S-. The Labute approximate surface area is 147 Å². The third-order valence-corrected chi connectivity index (χ3v) is 7.80. The lowest BCUT2D eigenvalue weighted by Crippen LogP contribution is -2.46. The summed E-state index contributed by atoms with van der Waals surface area (Å²) >= 11 is 0.635. The fraction of sp³-hybridized carbons (Fsp3) is 0.833. The zero-order chi connectivity index (χ0) is 16.7. The largest absolute Gasteiger partial charge is 0.691 e. The van der Waals surface area contributed by atoms with Gasteiger partial charge in [-0.1, -0.05) is 18.6 Å². The Morgan fingerprint density at radius 2 is 2.12 bits per heavy atom. The van der Waals surface area contributed by atoms with E-state index in [0.717, 1.165) is 50.9 Å². The first kappa shape index (κ1) is 17.0. The maximum absolute atomic E-state index is 12.4. The smallest absolute Gasteiger partial charge is 0.193 e. The zero-order valence-corrected chi connectivity index (χ0v) is 14.9. The summed E-state index contributed by atoms with van der Waals surface area (Å²) in [6.07, 6.45) is 10.8. The summed E-state index contributed by atoms with van der Waals surface area (Å²) in [4.78, 5) is 12.4. The second-order valence-electron chi connectivity index (χ2n) is 8.18. The maximum Gasteiger partial charge on any atom is 0.193 e. The Kier molecular flexibility index (Phi) is 4.77. The summed E-state index contributed by atoms with van der Waals surface area (Å²) in [6, 6.07) is 0. The predicted octanol–water partition coefficient (Wildman–Crippen LogP) is 3.30. The van der Waals surface area contributed by atoms with Gasteiger partial charge < -0.3 is 5.26 Å². The van der Waals surface area contributed by atoms with E-state index in [1.807, 2.05) is 0 Å². The van der Waals surface area contributed by atoms with Crippen LogP contribution in [0.25, 0.3) is 0 Å². The third kappa shape index (κ3) is 2.76. The van der Waals surface area contributed by atoms with Gasteiger partial charge in [-0.05, 0) is 68.6 Å². The Morgan fingerprint density at radius 1 is 1.25 bits per heavy atom. The second-order valence-corrected chi connectivity index (χ2v) is 8.64. The number of allylic oxidation sites excluding steroid dienone is 1. The van der Waals surface area contributed by atoms with Crippen molar-refractivity contribution in [1.29, 1.82) is 0 Å². The second kappa shape index (κ2) is 6.72. The van der Waals surface area contributed by atoms with E-state index in [0.29, 0.717) is 35.9 Å². The minimum atomic E-state index is -0.0425. The summed E-state index contributed by atoms with van der Waals surface area (Å²) in [5.41, 5.74) is 1.48. The number of Topliss-reactive ketones (excluding diaryl/α,β-unsaturated/α-hetero) is 1. The van der Waals surface area contributed by atoms with Crippen LogP contribution < -0.4 is 5.26 Å². The summed E-state index contributed by atoms with van der Waals surface area (Å²) in [5, 5.41) is 13.2. The quantitative estimate of drug-likeness (QED) is 0.254. The van der Waals surface area contributed by atoms with E-state index >= 15 is 0 Å². The molecular weight excluding hydrogens is 328 g/mol. The summed E-state index contributed by atoms with van der Waals surface area (Å²) < 4.78 is 9.71. The molecule has 0 bridgehead atoms. The molecule has 6 atom stereocenters. The number of hydrogen-bond acceptors (Lipinski definition) is 6. The first-order chi connectivity index (χ1) is 11.6. The average molecular weight is 353 g/mol. The number of carbonyl (C=O) groups excluding carboxylic acids is 1. The Balaban J connectivity index is 1.45. The predicted molar refractivity (Wildman–Crippen MR) is 86.7 cm³/mol. The molecule has 4 aliphatic rings. The van der Waals surface area contributed by atoms with Gasteiger partial charge in [0.25, 0.3) is 0 Å². The fourth-order valence-corrected chi connectivity index (χ4v) is 6.50. The molecule has 0 spiro atoms. The number of ketones is 1. The highest BCUT2D eigenvalue weighted by Gasteiger charge is 2.55. The normalized spacial score (nSPS) is 44.5. The van der Waals surface area contributed by atoms with Crippen molar-refractivity contribution in [2.75, 3.05) is 0 Å². The third-order valence-electron chi connectivity index (χ3n) is 7.34. The van der Waals surface area contributed by atoms with Crippen LogP contribution in [0.4, 0.5) is 0 Å². The fourth-order valence-electron chi connectivity index (χ4n) is 6.17. The van der Waals surface area contributed by atoms with Gasteiger partial charge in [-0.15, -0.1) is 4.33 Å². The van der Waals surface area contributed by atoms with Crippen LogP contribution in [0.3, 0.4) is 0 Å². The maximum atomic E-state index is 12.4. The van der Waals surface area contributed by atoms with Gasteiger partial charge in [0.1, 0.15) is 5.78 Å². The molecule has 4 unspecified atom stereocenters. The number of hydrogen-bond donors (Lipinski definition) is 0. The zero-order valence-electron chi connectivity index (χ0n) is 14.1. The Bertz CT molecular complexity index is 536. The monoisotopic (exact) mass is 353 g/mol. The lowest BCUT2D eigenvalue weighted by molar-refractivity contribution is -0.777. The minimum absolute atomic E-state index is 0.0425. The molecule has 0 amide bonds. The molecule has 0 aliphatic heterocycles. The Morgan fingerprint density at radius 3 is 2.96 bits per heavy atom. The molecule has 0 heterocycles. The van der Waals surface area contributed by atoms with Crippen molar-refractivity contribution >= 4 is 18.1 Å². The van der Waals surface area contributed by atoms with Crippen LogP contribution in [0.5, 0.6) is 0 Å². The van der Waals surface area contributed by atoms with Crippen molar-refractivity contribution in [1.82, 2.24) is 0 Å². The highest BCUT2D eigenvalue weighted by Crippen LogP contribution is 2.60. The van der Waals surface area contributed by atoms with E-state index in [1.165, 1.54) is 12.0 Å². The van der Waals surface area contributed by atoms with Crippen LogP contribution in [0.1, 0.15) is 58.3 Å². The van der Waals surface area contributed by atoms with Crippen LogP contribution in [-0.2, 0) is 18.3 Å². The van der Waals surface area contributed by atoms with Crippen LogP contribution in [0.2, 0.25) is 0 Å². The number of fused-ring (bicyclic) bond motifs is 5. The molecule has 0 radical (unpaired) electrons. The first-order valence-electron chi connectivity index (χ1n) is 9.14. The van der Waals surface area contributed by atoms with Crippen molar-refractivity contribution in [3.8, 4) is 0 Å². The van der Waals surface area contributed by atoms with E-state index in [4.69, 9.17) is 4.18 Å². The topological polar surface area (TPSA) is 67.8 Å². The molecule has 4 rings (SSSR count). The van der Waals surface area contributed by atoms with Crippen molar-refractivity contribution in [2.45, 2.75) is 64.4 Å². The standard InChI is InChI=1S/C18H26O5S/c1-18-9-8-14-13-5-3-12(21-24-23-22-20)10-11(13)2-4-15(14)16(18)6-7-17(18)19/h2,12-16,20H,3-10H2,1H3/p-1/t12-,13?,14?,15?,16?,18-/m0/s1. The van der Waals surface area contributed by atoms with Gasteiger partial charge in [0.2, 0.25) is 0 Å². The van der Waals surface area contributed by atoms with Crippen molar-refractivity contribution in [3.05, 3.63) is 11.6 Å². The van der Waals surface area contributed by atoms with Crippen LogP contribution in [0, 0.1) is 29.1 Å². The molecule has 3 saturated carbocycles. The molecule has 5 nitrogen and oxygen atoms in total. The van der Waals surface area contributed by atoms with Gasteiger partial charge in [0.05, 0.1) is 6.10 Å². The number of carbonyl (C=O) groups is 1. The van der Waals surface area contributed by atoms with Gasteiger partial charge in [0.15, 0.2) is 12.3 Å². The first-order valence-corrected chi connectivity index (χ1v) is 9.81. The van der Waals surface area contributed by atoms with E-state index < -0.39 is 0 Å². The molecule has 0 N–H and O–H groups in total. The van der Waals surface area contributed by atoms with Gasteiger partial charge in [0, 0.05) is 11.8 Å². The summed E-state index contributed by atoms with van der Waals surface area (Å²) in [6.45, 7) is 2.22. The number of rotatable bonds is 4. The summed E-state index contributed by atoms with van der Waals surface area (Å²) in [7, 11) is 0. The molecule has 0 saturated heterocycles. The van der Waals surface area contributed by atoms with Gasteiger partial charge >= 0.3 is 0 Å². The van der Waals surface area contributed by atoms with E-state index in [2.05, 4.69) is 22.4 Å². The van der Waals surface area contributed by atoms with Crippen molar-refractivity contribution < 1.29 is 23.6 Å². The molecule has 24 heavy (non-hydrogen) atoms. The highest BCUT2D eigenvalue weighted by atomic mass is 32.2. The molecule has 4 aliphatic carbocycles. The highest BCUT2D eigenvalue weighted by molar-refractivity contribution is 7.89. The lowest BCUT2D eigenvalue weighted by Gasteiger charge is -2.51. The van der Waals surface area contributed by atoms with Gasteiger partial charge in [-0.2, -0.15) is 0 Å². The molecule has 6 heteroatoms. The minimum Gasteiger partial charge on any atom is -0.691 e. The van der Waals surface area contributed by atoms with Crippen LogP contribution in [-0.4, -0.2) is 11.9 Å². The van der Waals surface area contributed by atoms with Crippen molar-refractivity contribution in [2.24, 2.45) is 29.1 Å². The molecule has 134 valence electrons. The molecule has 3 fully saturated rings. The van der Waals surface area contributed by atoms with Crippen LogP contribution >= 0.6 is 12.3 Å². The van der Waals surface area contributed by atoms with E-state index in [9.17, 15) is 10.1 Å².